The zero-order valence-corrected chi connectivity index (χ0v) is 11.9. The zero-order chi connectivity index (χ0) is 14.5. The Labute approximate surface area is 118 Å². The molecule has 1 amide bonds. The van der Waals surface area contributed by atoms with E-state index in [0.717, 1.165) is 18.5 Å². The van der Waals surface area contributed by atoms with Gasteiger partial charge < -0.3 is 11.1 Å². The van der Waals surface area contributed by atoms with Crippen LogP contribution >= 0.6 is 0 Å². The number of hydrogen-bond donors (Lipinski definition) is 2. The van der Waals surface area contributed by atoms with Crippen molar-refractivity contribution in [1.29, 1.82) is 0 Å². The van der Waals surface area contributed by atoms with E-state index in [1.165, 1.54) is 11.8 Å². The van der Waals surface area contributed by atoms with Gasteiger partial charge in [-0.1, -0.05) is 25.5 Å². The van der Waals surface area contributed by atoms with E-state index >= 15 is 0 Å². The van der Waals surface area contributed by atoms with Crippen molar-refractivity contribution in [2.75, 3.05) is 11.1 Å². The van der Waals surface area contributed by atoms with Crippen molar-refractivity contribution in [3.05, 3.63) is 41.7 Å². The van der Waals surface area contributed by atoms with Crippen LogP contribution in [0.15, 0.2) is 30.5 Å². The van der Waals surface area contributed by atoms with E-state index in [2.05, 4.69) is 17.3 Å². The lowest BCUT2D eigenvalue weighted by molar-refractivity contribution is 0.101. The van der Waals surface area contributed by atoms with E-state index in [9.17, 15) is 4.79 Å². The van der Waals surface area contributed by atoms with Gasteiger partial charge in [-0.15, -0.1) is 0 Å². The van der Waals surface area contributed by atoms with Gasteiger partial charge >= 0.3 is 0 Å². The van der Waals surface area contributed by atoms with Crippen LogP contribution in [0.4, 0.5) is 11.4 Å². The molecule has 2 rings (SSSR count). The number of nitrogens with one attached hydrogen (secondary N) is 1. The molecular weight excluding hydrogens is 252 g/mol. The highest BCUT2D eigenvalue weighted by molar-refractivity contribution is 6.06. The number of aromatic nitrogens is 2. The van der Waals surface area contributed by atoms with E-state index in [-0.39, 0.29) is 5.91 Å². The summed E-state index contributed by atoms with van der Waals surface area (Å²) in [6, 6.07) is 7.87. The highest BCUT2D eigenvalue weighted by atomic mass is 16.2. The third-order valence-corrected chi connectivity index (χ3v) is 3.13. The van der Waals surface area contributed by atoms with Crippen molar-refractivity contribution in [3.8, 4) is 0 Å². The minimum atomic E-state index is -0.231. The Morgan fingerprint density at radius 2 is 2.00 bits per heavy atom. The van der Waals surface area contributed by atoms with Gasteiger partial charge in [0, 0.05) is 12.2 Å². The van der Waals surface area contributed by atoms with Crippen LogP contribution in [0.2, 0.25) is 0 Å². The van der Waals surface area contributed by atoms with Crippen LogP contribution in [0.3, 0.4) is 0 Å². The van der Waals surface area contributed by atoms with Crippen molar-refractivity contribution in [2.45, 2.75) is 33.2 Å². The topological polar surface area (TPSA) is 72.9 Å². The van der Waals surface area contributed by atoms with Crippen molar-refractivity contribution in [1.82, 2.24) is 9.78 Å². The number of anilines is 2. The average molecular weight is 272 g/mol. The Balaban J connectivity index is 2.13. The standard InChI is InChI=1S/C15H20N4O/c1-3-5-11-6-8-12(9-7-11)18-15(20)14-13(16)10-17-19(14)4-2/h6-10H,3-5,16H2,1-2H3,(H,18,20). The van der Waals surface area contributed by atoms with Crippen molar-refractivity contribution >= 4 is 17.3 Å². The Bertz CT molecular complexity index is 586. The maximum Gasteiger partial charge on any atom is 0.276 e. The summed E-state index contributed by atoms with van der Waals surface area (Å²) in [5.74, 6) is -0.231. The Morgan fingerprint density at radius 3 is 2.60 bits per heavy atom. The molecule has 0 saturated carbocycles. The molecule has 0 radical (unpaired) electrons. The number of rotatable bonds is 5. The number of carbonyl (C=O) groups excluding carboxylic acids is 1. The molecule has 0 fully saturated rings. The number of nitrogen functional groups attached to an aromatic ring is 1. The number of aryl methyl sites for hydroxylation is 2. The molecule has 3 N–H and O–H groups in total. The van der Waals surface area contributed by atoms with Gasteiger partial charge in [-0.05, 0) is 31.0 Å². The Hall–Kier alpha value is -2.30. The second-order valence-corrected chi connectivity index (χ2v) is 4.67. The summed E-state index contributed by atoms with van der Waals surface area (Å²) in [6.07, 6.45) is 3.66. The lowest BCUT2D eigenvalue weighted by Gasteiger charge is -2.08. The highest BCUT2D eigenvalue weighted by Gasteiger charge is 2.16. The number of nitrogens with zero attached hydrogens (tertiary/aromatic N) is 2. The van der Waals surface area contributed by atoms with Crippen LogP contribution in [0.5, 0.6) is 0 Å². The lowest BCUT2D eigenvalue weighted by Crippen LogP contribution is -2.18. The van der Waals surface area contributed by atoms with Crippen molar-refractivity contribution in [3.63, 3.8) is 0 Å². The molecule has 0 bridgehead atoms. The van der Waals surface area contributed by atoms with Gasteiger partial charge in [0.25, 0.3) is 5.91 Å². The lowest BCUT2D eigenvalue weighted by atomic mass is 10.1. The van der Waals surface area contributed by atoms with E-state index in [1.807, 2.05) is 31.2 Å². The smallest absolute Gasteiger partial charge is 0.276 e. The fourth-order valence-electron chi connectivity index (χ4n) is 2.12. The normalized spacial score (nSPS) is 10.5. The quantitative estimate of drug-likeness (QED) is 0.879. The fraction of sp³-hybridized carbons (Fsp3) is 0.333. The molecular formula is C15H20N4O. The minimum absolute atomic E-state index is 0.231. The Kier molecular flexibility index (Phi) is 4.40. The van der Waals surface area contributed by atoms with E-state index in [4.69, 9.17) is 5.73 Å². The number of benzene rings is 1. The average Bonchev–Trinajstić information content (AvgIpc) is 2.82. The third-order valence-electron chi connectivity index (χ3n) is 3.13. The second-order valence-electron chi connectivity index (χ2n) is 4.67. The number of hydrogen-bond acceptors (Lipinski definition) is 3. The van der Waals surface area contributed by atoms with Crippen LogP contribution in [-0.4, -0.2) is 15.7 Å². The summed E-state index contributed by atoms with van der Waals surface area (Å²) in [7, 11) is 0. The van der Waals surface area contributed by atoms with Gasteiger partial charge in [0.15, 0.2) is 0 Å². The van der Waals surface area contributed by atoms with Gasteiger partial charge in [-0.3, -0.25) is 9.48 Å². The molecule has 5 heteroatoms. The first kappa shape index (κ1) is 14.1. The zero-order valence-electron chi connectivity index (χ0n) is 11.9. The minimum Gasteiger partial charge on any atom is -0.396 e. The first-order chi connectivity index (χ1) is 9.65. The van der Waals surface area contributed by atoms with Gasteiger partial charge in [0.1, 0.15) is 5.69 Å². The summed E-state index contributed by atoms with van der Waals surface area (Å²) >= 11 is 0. The summed E-state index contributed by atoms with van der Waals surface area (Å²) in [5, 5.41) is 6.92. The van der Waals surface area contributed by atoms with Crippen LogP contribution in [0.1, 0.15) is 36.3 Å². The maximum absolute atomic E-state index is 12.2. The second kappa shape index (κ2) is 6.23. The molecule has 0 spiro atoms. The largest absolute Gasteiger partial charge is 0.396 e. The number of amides is 1. The molecule has 0 aliphatic heterocycles. The van der Waals surface area contributed by atoms with Gasteiger partial charge in [0.05, 0.1) is 11.9 Å². The van der Waals surface area contributed by atoms with Gasteiger partial charge in [-0.25, -0.2) is 0 Å². The summed E-state index contributed by atoms with van der Waals surface area (Å²) < 4.78 is 1.59. The Morgan fingerprint density at radius 1 is 1.30 bits per heavy atom. The predicted molar refractivity (Wildman–Crippen MR) is 80.7 cm³/mol. The molecule has 20 heavy (non-hydrogen) atoms. The highest BCUT2D eigenvalue weighted by Crippen LogP contribution is 2.15. The molecule has 106 valence electrons. The SMILES string of the molecule is CCCc1ccc(NC(=O)c2c(N)cnn2CC)cc1. The van der Waals surface area contributed by atoms with Crippen molar-refractivity contribution in [2.24, 2.45) is 0 Å². The number of nitrogens with two attached hydrogens (primary N) is 1. The van der Waals surface area contributed by atoms with E-state index in [0.29, 0.717) is 17.9 Å². The molecule has 0 aliphatic carbocycles. The predicted octanol–water partition coefficient (Wildman–Crippen LogP) is 2.69. The molecule has 0 saturated heterocycles. The fourth-order valence-corrected chi connectivity index (χ4v) is 2.12. The van der Waals surface area contributed by atoms with E-state index in [1.54, 1.807) is 4.68 Å². The molecule has 0 unspecified atom stereocenters. The molecule has 1 heterocycles. The molecule has 0 atom stereocenters. The molecule has 5 nitrogen and oxygen atoms in total. The van der Waals surface area contributed by atoms with Crippen LogP contribution < -0.4 is 11.1 Å². The third kappa shape index (κ3) is 2.99. The summed E-state index contributed by atoms with van der Waals surface area (Å²) in [5.41, 5.74) is 8.62. The molecule has 1 aromatic heterocycles. The monoisotopic (exact) mass is 272 g/mol. The maximum atomic E-state index is 12.2. The number of carbonyl (C=O) groups is 1. The summed E-state index contributed by atoms with van der Waals surface area (Å²) in [6.45, 7) is 4.67. The van der Waals surface area contributed by atoms with Crippen LogP contribution in [0, 0.1) is 0 Å². The van der Waals surface area contributed by atoms with Gasteiger partial charge in [-0.2, -0.15) is 5.10 Å². The van der Waals surface area contributed by atoms with Crippen molar-refractivity contribution < 1.29 is 4.79 Å². The molecule has 0 aliphatic rings. The first-order valence-electron chi connectivity index (χ1n) is 6.87. The van der Waals surface area contributed by atoms with E-state index < -0.39 is 0 Å². The van der Waals surface area contributed by atoms with Gasteiger partial charge in [0.2, 0.25) is 0 Å². The summed E-state index contributed by atoms with van der Waals surface area (Å²) in [4.78, 5) is 12.2. The molecule has 1 aromatic carbocycles. The van der Waals surface area contributed by atoms with Crippen LogP contribution in [-0.2, 0) is 13.0 Å². The first-order valence-corrected chi connectivity index (χ1v) is 6.87. The molecule has 2 aromatic rings. The van der Waals surface area contributed by atoms with Crippen LogP contribution in [0.25, 0.3) is 0 Å².